The van der Waals surface area contributed by atoms with E-state index >= 15 is 4.39 Å². The van der Waals surface area contributed by atoms with Crippen LogP contribution in [0.2, 0.25) is 51.4 Å². The van der Waals surface area contributed by atoms with Gasteiger partial charge in [-0.2, -0.15) is 14.3 Å². The third-order valence-corrected chi connectivity index (χ3v) is 12.1. The van der Waals surface area contributed by atoms with Crippen LogP contribution in [0, 0.1) is 12.7 Å². The molecule has 11 nitrogen and oxygen atoms in total. The van der Waals surface area contributed by atoms with Crippen molar-refractivity contribution in [2.45, 2.75) is 71.8 Å². The second-order valence-corrected chi connectivity index (χ2v) is 26.5. The lowest BCUT2D eigenvalue weighted by Crippen LogP contribution is -2.27. The van der Waals surface area contributed by atoms with E-state index in [-0.39, 0.29) is 25.3 Å². The highest BCUT2D eigenvalue weighted by atomic mass is 28.3. The van der Waals surface area contributed by atoms with E-state index < -0.39 is 21.8 Å². The van der Waals surface area contributed by atoms with Crippen molar-refractivity contribution in [2.24, 2.45) is 7.05 Å². The topological polar surface area (TPSA) is 103 Å². The number of tetrazole rings is 1. The molecule has 0 radical (unpaired) electrons. The highest BCUT2D eigenvalue weighted by Gasteiger charge is 2.20. The maximum Gasteiger partial charge on any atom is 0.370 e. The van der Waals surface area contributed by atoms with Crippen LogP contribution < -0.4 is 10.4 Å². The minimum Gasteiger partial charge on any atom is -0.425 e. The second kappa shape index (κ2) is 14.1. The van der Waals surface area contributed by atoms with Gasteiger partial charge in [0, 0.05) is 71.2 Å². The molecule has 0 aliphatic carbocycles. The van der Waals surface area contributed by atoms with Crippen molar-refractivity contribution in [2.75, 3.05) is 13.2 Å². The Balaban J connectivity index is 1.31. The Morgan fingerprint density at radius 1 is 0.820 bits per heavy atom. The Labute approximate surface area is 293 Å². The maximum atomic E-state index is 15.9. The molecule has 0 spiro atoms. The van der Waals surface area contributed by atoms with Crippen LogP contribution in [0.25, 0.3) is 38.8 Å². The first kappa shape index (κ1) is 35.4. The van der Waals surface area contributed by atoms with E-state index in [1.807, 2.05) is 55.1 Å². The molecule has 0 bridgehead atoms. The van der Waals surface area contributed by atoms with Gasteiger partial charge in [-0.1, -0.05) is 51.4 Å². The van der Waals surface area contributed by atoms with Crippen LogP contribution in [0.15, 0.2) is 65.6 Å². The Morgan fingerprint density at radius 3 is 2.26 bits per heavy atom. The lowest BCUT2D eigenvalue weighted by Gasteiger charge is -2.16. The van der Waals surface area contributed by atoms with Crippen LogP contribution in [0.4, 0.5) is 4.39 Å². The van der Waals surface area contributed by atoms with E-state index in [0.717, 1.165) is 34.1 Å². The molecule has 3 aromatic carbocycles. The number of hydrogen-bond donors (Lipinski definition) is 0. The van der Waals surface area contributed by atoms with Gasteiger partial charge in [0.2, 0.25) is 0 Å². The van der Waals surface area contributed by atoms with E-state index in [1.54, 1.807) is 22.8 Å². The fraction of sp³-hybridized carbons (Fsp3) is 0.389. The number of imidazole rings is 1. The second-order valence-electron chi connectivity index (χ2n) is 15.3. The van der Waals surface area contributed by atoms with Crippen molar-refractivity contribution in [3.8, 4) is 28.6 Å². The van der Waals surface area contributed by atoms with Gasteiger partial charge < -0.3 is 18.8 Å². The maximum absolute atomic E-state index is 15.9. The standard InChI is InChI=1S/C36H46FN7O4Si2/c1-25-9-11-28(20-33(25)44-36(45)43(39-40-44)24-47-16-18-50(6,7)8)48-35-38-31-21-29(26-10-12-32-27(19-26)13-14-41(32)2)30(37)22-34(31)42(35)23-46-15-17-49(3,4)5/h9-14,19-22H,15-18,23-24H2,1-8H3. The normalized spacial score (nSPS) is 12.4. The Kier molecular flexibility index (Phi) is 9.99. The number of aryl methyl sites for hydroxylation is 2. The van der Waals surface area contributed by atoms with Gasteiger partial charge >= 0.3 is 11.7 Å². The first-order valence-electron chi connectivity index (χ1n) is 16.9. The van der Waals surface area contributed by atoms with Gasteiger partial charge in [-0.25, -0.2) is 9.18 Å². The Morgan fingerprint density at radius 2 is 1.54 bits per heavy atom. The molecule has 0 saturated heterocycles. The summed E-state index contributed by atoms with van der Waals surface area (Å²) < 4.78 is 40.3. The molecule has 264 valence electrons. The summed E-state index contributed by atoms with van der Waals surface area (Å²) in [5.74, 6) is 0.0550. The summed E-state index contributed by atoms with van der Waals surface area (Å²) in [4.78, 5) is 18.1. The van der Waals surface area contributed by atoms with Crippen LogP contribution in [0.3, 0.4) is 0 Å². The monoisotopic (exact) mass is 715 g/mol. The third kappa shape index (κ3) is 7.99. The fourth-order valence-electron chi connectivity index (χ4n) is 5.55. The average molecular weight is 716 g/mol. The number of fused-ring (bicyclic) bond motifs is 2. The average Bonchev–Trinajstić information content (AvgIpc) is 3.71. The minimum absolute atomic E-state index is 0.0258. The van der Waals surface area contributed by atoms with Gasteiger partial charge in [0.15, 0.2) is 0 Å². The number of hydrogen-bond acceptors (Lipinski definition) is 7. The minimum atomic E-state index is -1.33. The first-order valence-corrected chi connectivity index (χ1v) is 24.3. The molecule has 6 rings (SSSR count). The highest BCUT2D eigenvalue weighted by Crippen LogP contribution is 2.34. The number of rotatable bonds is 14. The van der Waals surface area contributed by atoms with Gasteiger partial charge in [-0.3, -0.25) is 4.57 Å². The molecule has 0 amide bonds. The molecular weight excluding hydrogens is 670 g/mol. The molecule has 3 heterocycles. The molecule has 50 heavy (non-hydrogen) atoms. The first-order chi connectivity index (χ1) is 23.7. The zero-order valence-corrected chi connectivity index (χ0v) is 32.2. The van der Waals surface area contributed by atoms with Crippen LogP contribution in [-0.4, -0.2) is 63.3 Å². The van der Waals surface area contributed by atoms with Crippen molar-refractivity contribution in [1.82, 2.24) is 33.9 Å². The largest absolute Gasteiger partial charge is 0.425 e. The van der Waals surface area contributed by atoms with Crippen LogP contribution in [0.1, 0.15) is 5.56 Å². The molecule has 3 aromatic heterocycles. The van der Waals surface area contributed by atoms with Gasteiger partial charge in [-0.15, -0.1) is 0 Å². The number of ether oxygens (including phenoxy) is 3. The van der Waals surface area contributed by atoms with Crippen LogP contribution in [0.5, 0.6) is 11.8 Å². The van der Waals surface area contributed by atoms with Crippen molar-refractivity contribution < 1.29 is 18.6 Å². The van der Waals surface area contributed by atoms with E-state index in [2.05, 4.69) is 49.7 Å². The molecule has 0 unspecified atom stereocenters. The number of aromatic nitrogens is 7. The molecule has 0 fully saturated rings. The van der Waals surface area contributed by atoms with E-state index in [4.69, 9.17) is 19.2 Å². The molecule has 6 aromatic rings. The summed E-state index contributed by atoms with van der Waals surface area (Å²) in [6, 6.07) is 18.7. The summed E-state index contributed by atoms with van der Waals surface area (Å²) in [6.07, 6.45) is 1.99. The quantitative estimate of drug-likeness (QED) is 0.0838. The van der Waals surface area contributed by atoms with Gasteiger partial charge in [0.25, 0.3) is 0 Å². The van der Waals surface area contributed by atoms with Crippen molar-refractivity contribution in [3.63, 3.8) is 0 Å². The molecule has 0 atom stereocenters. The lowest BCUT2D eigenvalue weighted by molar-refractivity contribution is 0.0748. The van der Waals surface area contributed by atoms with E-state index in [0.29, 0.717) is 41.2 Å². The van der Waals surface area contributed by atoms with Gasteiger partial charge in [-0.05, 0) is 70.9 Å². The summed E-state index contributed by atoms with van der Waals surface area (Å²) in [5, 5.41) is 9.19. The fourth-order valence-corrected chi connectivity index (χ4v) is 7.07. The molecule has 0 saturated carbocycles. The van der Waals surface area contributed by atoms with Crippen molar-refractivity contribution >= 4 is 38.1 Å². The molecular formula is C36H46FN7O4Si2. The van der Waals surface area contributed by atoms with E-state index in [9.17, 15) is 4.79 Å². The zero-order valence-electron chi connectivity index (χ0n) is 30.2. The molecule has 0 aliphatic heterocycles. The lowest BCUT2D eigenvalue weighted by atomic mass is 10.0. The predicted molar refractivity (Wildman–Crippen MR) is 200 cm³/mol. The zero-order chi connectivity index (χ0) is 35.8. The molecule has 14 heteroatoms. The van der Waals surface area contributed by atoms with E-state index in [1.165, 1.54) is 15.4 Å². The SMILES string of the molecule is Cc1ccc(Oc2nc3cc(-c4ccc5c(ccn5C)c4)c(F)cc3n2COCC[Si](C)(C)C)cc1-n1nnn(COCC[Si](C)(C)C)c1=O. The van der Waals surface area contributed by atoms with Crippen molar-refractivity contribution in [1.29, 1.82) is 0 Å². The summed E-state index contributed by atoms with van der Waals surface area (Å²) in [5.41, 5.74) is 4.29. The third-order valence-electron chi connectivity index (χ3n) is 8.68. The smallest absolute Gasteiger partial charge is 0.370 e. The van der Waals surface area contributed by atoms with Gasteiger partial charge in [0.05, 0.1) is 16.7 Å². The van der Waals surface area contributed by atoms with Crippen molar-refractivity contribution in [3.05, 3.63) is 82.7 Å². The summed E-state index contributed by atoms with van der Waals surface area (Å²) in [6.45, 7) is 16.9. The summed E-state index contributed by atoms with van der Waals surface area (Å²) >= 11 is 0. The van der Waals surface area contributed by atoms with Crippen LogP contribution >= 0.6 is 0 Å². The predicted octanol–water partition coefficient (Wildman–Crippen LogP) is 7.80. The molecule has 0 aliphatic rings. The number of benzene rings is 3. The Bertz CT molecular complexity index is 2210. The van der Waals surface area contributed by atoms with Gasteiger partial charge in [0.1, 0.15) is 25.0 Å². The highest BCUT2D eigenvalue weighted by molar-refractivity contribution is 6.76. The number of halogens is 1. The summed E-state index contributed by atoms with van der Waals surface area (Å²) in [7, 11) is -0.613. The molecule has 0 N–H and O–H groups in total. The Hall–Kier alpha value is -4.38. The number of nitrogens with zero attached hydrogens (tertiary/aromatic N) is 7. The van der Waals surface area contributed by atoms with Crippen LogP contribution in [-0.2, 0) is 30.0 Å².